The van der Waals surface area contributed by atoms with E-state index in [2.05, 4.69) is 55.4 Å². The number of hydrogen-bond donors (Lipinski definition) is 0. The maximum Gasteiger partial charge on any atom is 0.118 e. The number of ether oxygens (including phenoxy) is 3. The van der Waals surface area contributed by atoms with Crippen molar-refractivity contribution in [2.45, 2.75) is 6.42 Å². The molecule has 0 heterocycles. The largest absolute Gasteiger partial charge is 0.497 e. The minimum atomic E-state index is 0.796. The van der Waals surface area contributed by atoms with Crippen LogP contribution in [0.4, 0.5) is 0 Å². The van der Waals surface area contributed by atoms with Crippen molar-refractivity contribution in [2.75, 3.05) is 35.4 Å². The van der Waals surface area contributed by atoms with E-state index < -0.39 is 0 Å². The third-order valence-corrected chi connectivity index (χ3v) is 5.12. The second-order valence-electron chi connectivity index (χ2n) is 7.20. The van der Waals surface area contributed by atoms with Gasteiger partial charge in [-0.2, -0.15) is 0 Å². The van der Waals surface area contributed by atoms with E-state index in [1.54, 1.807) is 21.3 Å². The van der Waals surface area contributed by atoms with Gasteiger partial charge in [-0.1, -0.05) is 36.4 Å². The monoisotopic (exact) mass is 403 g/mol. The zero-order valence-corrected chi connectivity index (χ0v) is 18.3. The molecule has 0 atom stereocenters. The molecule has 0 unspecified atom stereocenters. The van der Waals surface area contributed by atoms with Gasteiger partial charge in [-0.15, -0.1) is 0 Å². The van der Waals surface area contributed by atoms with Gasteiger partial charge in [-0.25, -0.2) is 0 Å². The van der Waals surface area contributed by atoms with E-state index in [9.17, 15) is 0 Å². The van der Waals surface area contributed by atoms with Crippen molar-refractivity contribution in [2.24, 2.45) is 0 Å². The van der Waals surface area contributed by atoms with Crippen molar-refractivity contribution < 1.29 is 14.2 Å². The van der Waals surface area contributed by atoms with Gasteiger partial charge in [-0.3, -0.25) is 0 Å². The first-order valence-corrected chi connectivity index (χ1v) is 9.88. The van der Waals surface area contributed by atoms with E-state index in [1.165, 1.54) is 16.8 Å². The molecule has 3 aromatic rings. The van der Waals surface area contributed by atoms with E-state index in [-0.39, 0.29) is 0 Å². The molecule has 4 nitrogen and oxygen atoms in total. The molecule has 0 aliphatic carbocycles. The molecule has 4 heteroatoms. The standard InChI is InChI=1S/C26H29NO3/c1-27(2)25(18-19-6-12-22(28-3)13-7-19)26(20-8-14-23(29-4)15-9-20)21-10-16-24(30-5)17-11-21/h6-17H,18H2,1-5H3. The Bertz CT molecular complexity index is 923. The summed E-state index contributed by atoms with van der Waals surface area (Å²) in [6.07, 6.45) is 0.796. The van der Waals surface area contributed by atoms with Gasteiger partial charge in [0.2, 0.25) is 0 Å². The molecule has 0 spiro atoms. The van der Waals surface area contributed by atoms with Crippen molar-refractivity contribution in [1.29, 1.82) is 0 Å². The predicted octanol–water partition coefficient (Wildman–Crippen LogP) is 5.28. The minimum Gasteiger partial charge on any atom is -0.497 e. The average molecular weight is 404 g/mol. The maximum absolute atomic E-state index is 5.36. The zero-order chi connectivity index (χ0) is 21.5. The Morgan fingerprint density at radius 1 is 0.600 bits per heavy atom. The molecule has 0 radical (unpaired) electrons. The number of hydrogen-bond acceptors (Lipinski definition) is 4. The molecule has 0 saturated carbocycles. The summed E-state index contributed by atoms with van der Waals surface area (Å²) in [5.74, 6) is 2.54. The Morgan fingerprint density at radius 3 is 1.30 bits per heavy atom. The minimum absolute atomic E-state index is 0.796. The number of allylic oxidation sites excluding steroid dienone is 1. The second kappa shape index (κ2) is 9.88. The van der Waals surface area contributed by atoms with Gasteiger partial charge < -0.3 is 19.1 Å². The quantitative estimate of drug-likeness (QED) is 0.512. The Balaban J connectivity index is 2.13. The molecule has 0 bridgehead atoms. The van der Waals surface area contributed by atoms with Crippen LogP contribution in [0.3, 0.4) is 0 Å². The van der Waals surface area contributed by atoms with E-state index in [0.717, 1.165) is 34.8 Å². The number of likely N-dealkylation sites (N-methyl/N-ethyl adjacent to an activating group) is 1. The first kappa shape index (κ1) is 21.3. The fourth-order valence-corrected chi connectivity index (χ4v) is 3.42. The van der Waals surface area contributed by atoms with Crippen LogP contribution in [0.15, 0.2) is 78.5 Å². The van der Waals surface area contributed by atoms with Gasteiger partial charge in [0, 0.05) is 31.8 Å². The maximum atomic E-state index is 5.36. The molecule has 0 fully saturated rings. The SMILES string of the molecule is COc1ccc(CC(=C(c2ccc(OC)cc2)c2ccc(OC)cc2)N(C)C)cc1. The normalized spacial score (nSPS) is 10.3. The van der Waals surface area contributed by atoms with Crippen molar-refractivity contribution in [3.63, 3.8) is 0 Å². The van der Waals surface area contributed by atoms with E-state index in [4.69, 9.17) is 14.2 Å². The van der Waals surface area contributed by atoms with Crippen LogP contribution < -0.4 is 14.2 Å². The van der Waals surface area contributed by atoms with Gasteiger partial charge in [0.1, 0.15) is 17.2 Å². The number of methoxy groups -OCH3 is 3. The second-order valence-corrected chi connectivity index (χ2v) is 7.20. The van der Waals surface area contributed by atoms with E-state index >= 15 is 0 Å². The Morgan fingerprint density at radius 2 is 0.967 bits per heavy atom. The summed E-state index contributed by atoms with van der Waals surface area (Å²) >= 11 is 0. The lowest BCUT2D eigenvalue weighted by Crippen LogP contribution is -2.16. The summed E-state index contributed by atoms with van der Waals surface area (Å²) in [6, 6.07) is 24.7. The summed E-state index contributed by atoms with van der Waals surface area (Å²) in [5.41, 5.74) is 5.90. The average Bonchev–Trinajstić information content (AvgIpc) is 2.79. The molecular formula is C26H29NO3. The van der Waals surface area contributed by atoms with Gasteiger partial charge in [0.15, 0.2) is 0 Å². The summed E-state index contributed by atoms with van der Waals surface area (Å²) in [6.45, 7) is 0. The lowest BCUT2D eigenvalue weighted by molar-refractivity contribution is 0.414. The molecule has 156 valence electrons. The first-order valence-electron chi connectivity index (χ1n) is 9.88. The Hall–Kier alpha value is -3.40. The third-order valence-electron chi connectivity index (χ3n) is 5.12. The highest BCUT2D eigenvalue weighted by atomic mass is 16.5. The Kier molecular flexibility index (Phi) is 7.02. The van der Waals surface area contributed by atoms with Gasteiger partial charge in [-0.05, 0) is 53.1 Å². The van der Waals surface area contributed by atoms with Crippen LogP contribution in [-0.2, 0) is 6.42 Å². The highest BCUT2D eigenvalue weighted by Gasteiger charge is 2.15. The molecule has 0 N–H and O–H groups in total. The lowest BCUT2D eigenvalue weighted by atomic mass is 9.92. The topological polar surface area (TPSA) is 30.9 Å². The molecule has 3 rings (SSSR count). The zero-order valence-electron chi connectivity index (χ0n) is 18.3. The fraction of sp³-hybridized carbons (Fsp3) is 0.231. The van der Waals surface area contributed by atoms with Gasteiger partial charge in [0.05, 0.1) is 21.3 Å². The highest BCUT2D eigenvalue weighted by Crippen LogP contribution is 2.32. The molecule has 0 aliphatic heterocycles. The van der Waals surface area contributed by atoms with Crippen LogP contribution in [0.5, 0.6) is 17.2 Å². The molecule has 0 saturated heterocycles. The van der Waals surface area contributed by atoms with E-state index in [0.29, 0.717) is 0 Å². The van der Waals surface area contributed by atoms with Gasteiger partial charge in [0.25, 0.3) is 0 Å². The molecule has 0 aromatic heterocycles. The molecule has 0 amide bonds. The summed E-state index contributed by atoms with van der Waals surface area (Å²) in [4.78, 5) is 2.19. The molecule has 3 aromatic carbocycles. The van der Waals surface area contributed by atoms with Crippen molar-refractivity contribution >= 4 is 5.57 Å². The molecule has 30 heavy (non-hydrogen) atoms. The van der Waals surface area contributed by atoms with Crippen molar-refractivity contribution in [3.05, 3.63) is 95.2 Å². The first-order chi connectivity index (χ1) is 14.5. The Labute approximate surface area is 179 Å². The summed E-state index contributed by atoms with van der Waals surface area (Å²) in [7, 11) is 9.23. The number of benzene rings is 3. The lowest BCUT2D eigenvalue weighted by Gasteiger charge is -2.24. The molecular weight excluding hydrogens is 374 g/mol. The predicted molar refractivity (Wildman–Crippen MR) is 122 cm³/mol. The van der Waals surface area contributed by atoms with E-state index in [1.807, 2.05) is 36.4 Å². The number of nitrogens with zero attached hydrogens (tertiary/aromatic N) is 1. The van der Waals surface area contributed by atoms with Crippen molar-refractivity contribution in [1.82, 2.24) is 4.90 Å². The fourth-order valence-electron chi connectivity index (χ4n) is 3.42. The van der Waals surface area contributed by atoms with Crippen LogP contribution in [0.2, 0.25) is 0 Å². The van der Waals surface area contributed by atoms with Gasteiger partial charge >= 0.3 is 0 Å². The van der Waals surface area contributed by atoms with Crippen LogP contribution in [0, 0.1) is 0 Å². The highest BCUT2D eigenvalue weighted by molar-refractivity contribution is 5.82. The summed E-state index contributed by atoms with van der Waals surface area (Å²) < 4.78 is 16.0. The van der Waals surface area contributed by atoms with Crippen LogP contribution >= 0.6 is 0 Å². The third kappa shape index (κ3) is 4.95. The molecule has 0 aliphatic rings. The van der Waals surface area contributed by atoms with Crippen LogP contribution in [0.1, 0.15) is 16.7 Å². The number of rotatable bonds is 8. The van der Waals surface area contributed by atoms with Crippen LogP contribution in [0.25, 0.3) is 5.57 Å². The smallest absolute Gasteiger partial charge is 0.118 e. The van der Waals surface area contributed by atoms with Crippen LogP contribution in [-0.4, -0.2) is 40.3 Å². The summed E-state index contributed by atoms with van der Waals surface area (Å²) in [5, 5.41) is 0. The van der Waals surface area contributed by atoms with Crippen molar-refractivity contribution in [3.8, 4) is 17.2 Å².